The lowest BCUT2D eigenvalue weighted by molar-refractivity contribution is -0.0917. The summed E-state index contributed by atoms with van der Waals surface area (Å²) in [5.74, 6) is -2.11. The van der Waals surface area contributed by atoms with Crippen LogP contribution in [0.1, 0.15) is 65.4 Å². The molecule has 1 aliphatic heterocycles. The van der Waals surface area contributed by atoms with Gasteiger partial charge >= 0.3 is 12.1 Å². The van der Waals surface area contributed by atoms with Gasteiger partial charge in [0.15, 0.2) is 11.5 Å². The Bertz CT molecular complexity index is 1600. The summed E-state index contributed by atoms with van der Waals surface area (Å²) in [6, 6.07) is 6.48. The average molecular weight is 658 g/mol. The van der Waals surface area contributed by atoms with Crippen molar-refractivity contribution < 1.29 is 33.0 Å². The Morgan fingerprint density at radius 1 is 1.09 bits per heavy atom. The van der Waals surface area contributed by atoms with E-state index in [4.69, 9.17) is 31.5 Å². The van der Waals surface area contributed by atoms with Crippen LogP contribution in [0, 0.1) is 12.7 Å². The minimum atomic E-state index is -1.21. The van der Waals surface area contributed by atoms with E-state index in [1.807, 2.05) is 13.1 Å². The number of nitrogens with zero attached hydrogens (tertiary/aromatic N) is 5. The maximum atomic E-state index is 14.3. The van der Waals surface area contributed by atoms with Crippen molar-refractivity contribution in [1.29, 1.82) is 0 Å². The molecule has 0 spiro atoms. The summed E-state index contributed by atoms with van der Waals surface area (Å²) in [6.07, 6.45) is 3.69. The minimum absolute atomic E-state index is 0.0255. The smallest absolute Gasteiger partial charge is 0.431 e. The molecule has 1 saturated carbocycles. The molecule has 1 atom stereocenters. The van der Waals surface area contributed by atoms with Crippen LogP contribution < -0.4 is 16.0 Å². The Kier molecular flexibility index (Phi) is 10.3. The van der Waals surface area contributed by atoms with Crippen LogP contribution in [0.3, 0.4) is 0 Å². The van der Waals surface area contributed by atoms with Gasteiger partial charge in [0.25, 0.3) is 5.91 Å². The number of hydrogen-bond donors (Lipinski definition) is 2. The van der Waals surface area contributed by atoms with E-state index in [2.05, 4.69) is 25.4 Å². The van der Waals surface area contributed by atoms with Gasteiger partial charge in [-0.3, -0.25) is 4.79 Å². The van der Waals surface area contributed by atoms with Gasteiger partial charge in [-0.1, -0.05) is 23.2 Å². The molecule has 1 amide bonds. The number of nitrogens with one attached hydrogen (secondary N) is 1. The zero-order chi connectivity index (χ0) is 33.0. The molecule has 15 heteroatoms. The molecule has 1 aliphatic carbocycles. The van der Waals surface area contributed by atoms with Crippen LogP contribution in [0.25, 0.3) is 5.69 Å². The molecule has 3 aromatic rings. The number of likely N-dealkylation sites (N-methyl/N-ethyl adjacent to an activating group) is 1. The number of esters is 1. The van der Waals surface area contributed by atoms with Gasteiger partial charge in [0, 0.05) is 38.7 Å². The lowest BCUT2D eigenvalue weighted by atomic mass is 9.98. The zero-order valence-electron chi connectivity index (χ0n) is 25.9. The van der Waals surface area contributed by atoms with E-state index in [-0.39, 0.29) is 33.6 Å². The third kappa shape index (κ3) is 7.68. The highest BCUT2D eigenvalue weighted by Crippen LogP contribution is 2.32. The Morgan fingerprint density at radius 3 is 2.52 bits per heavy atom. The van der Waals surface area contributed by atoms with Crippen LogP contribution >= 0.6 is 11.6 Å². The van der Waals surface area contributed by atoms with E-state index in [0.717, 1.165) is 64.0 Å². The predicted octanol–water partition coefficient (Wildman–Crippen LogP) is 4.94. The summed E-state index contributed by atoms with van der Waals surface area (Å²) in [6.45, 7) is 5.93. The van der Waals surface area contributed by atoms with Gasteiger partial charge in [0.05, 0.1) is 39.5 Å². The molecule has 5 rings (SSSR count). The summed E-state index contributed by atoms with van der Waals surface area (Å²) in [5.41, 5.74) is 7.22. The van der Waals surface area contributed by atoms with Gasteiger partial charge < -0.3 is 35.1 Å². The molecule has 246 valence electrons. The van der Waals surface area contributed by atoms with Crippen molar-refractivity contribution in [3.63, 3.8) is 0 Å². The third-order valence-corrected chi connectivity index (χ3v) is 8.57. The average Bonchev–Trinajstić information content (AvgIpc) is 3.53. The van der Waals surface area contributed by atoms with Crippen LogP contribution in [0.5, 0.6) is 0 Å². The number of piperazine rings is 1. The number of aromatic nitrogens is 3. The number of benzene rings is 2. The molecule has 2 aromatic carbocycles. The number of halogens is 2. The second-order valence-corrected chi connectivity index (χ2v) is 11.9. The zero-order valence-corrected chi connectivity index (χ0v) is 26.7. The summed E-state index contributed by atoms with van der Waals surface area (Å²) in [4.78, 5) is 42.6. The van der Waals surface area contributed by atoms with E-state index >= 15 is 0 Å². The number of hydrogen-bond acceptors (Lipinski definition) is 11. The number of carbonyl (C=O) groups is 3. The van der Waals surface area contributed by atoms with E-state index < -0.39 is 30.1 Å². The van der Waals surface area contributed by atoms with Gasteiger partial charge in [-0.2, -0.15) is 0 Å². The fourth-order valence-corrected chi connectivity index (χ4v) is 5.67. The molecule has 1 unspecified atom stereocenters. The van der Waals surface area contributed by atoms with Crippen molar-refractivity contribution in [3.05, 3.63) is 58.1 Å². The van der Waals surface area contributed by atoms with E-state index in [1.165, 1.54) is 30.8 Å². The molecule has 2 heterocycles. The summed E-state index contributed by atoms with van der Waals surface area (Å²) >= 11 is 6.33. The predicted molar refractivity (Wildman–Crippen MR) is 169 cm³/mol. The highest BCUT2D eigenvalue weighted by Gasteiger charge is 2.25. The number of ether oxygens (including phenoxy) is 3. The quantitative estimate of drug-likeness (QED) is 0.192. The van der Waals surface area contributed by atoms with Crippen LogP contribution in [0.2, 0.25) is 5.02 Å². The van der Waals surface area contributed by atoms with Crippen molar-refractivity contribution >= 4 is 46.7 Å². The Hall–Kier alpha value is -4.43. The standard InChI is InChI=1S/C31H37ClFN7O6/c1-18-27(32)22(16-23(34)28(18)33)29(41)35-24-15-20(9-10-26(24)39-13-11-38(3)12-14-39)40-17-25(36-37-40)30(42)44-19(2)45-31(43)46-21-7-5-4-6-8-21/h9-10,15-17,19,21H,4-8,11-14,34H2,1-3H3,(H,35,41). The maximum absolute atomic E-state index is 14.3. The largest absolute Gasteiger partial charge is 0.511 e. The SMILES string of the molecule is Cc1c(F)c(N)cc(C(=O)Nc2cc(-n3cc(C(=O)OC(C)OC(=O)OC4CCCCC4)nn3)ccc2N2CCN(C)CC2)c1Cl. The Morgan fingerprint density at radius 2 is 1.80 bits per heavy atom. The van der Waals surface area contributed by atoms with Gasteiger partial charge in [0.2, 0.25) is 6.29 Å². The molecule has 2 fully saturated rings. The van der Waals surface area contributed by atoms with Crippen molar-refractivity contribution in [2.24, 2.45) is 0 Å². The first-order chi connectivity index (χ1) is 22.0. The first kappa shape index (κ1) is 32.9. The van der Waals surface area contributed by atoms with Crippen LogP contribution in [-0.2, 0) is 14.2 Å². The normalized spacial score (nSPS) is 16.5. The van der Waals surface area contributed by atoms with Gasteiger partial charge in [-0.05, 0) is 63.9 Å². The summed E-state index contributed by atoms with van der Waals surface area (Å²) in [5, 5.41) is 10.8. The lowest BCUT2D eigenvalue weighted by Crippen LogP contribution is -2.44. The molecule has 0 radical (unpaired) electrons. The van der Waals surface area contributed by atoms with E-state index in [1.54, 1.807) is 12.1 Å². The van der Waals surface area contributed by atoms with Crippen LogP contribution in [0.4, 0.5) is 26.2 Å². The summed E-state index contributed by atoms with van der Waals surface area (Å²) in [7, 11) is 2.04. The highest BCUT2D eigenvalue weighted by molar-refractivity contribution is 6.35. The molecule has 13 nitrogen and oxygen atoms in total. The van der Waals surface area contributed by atoms with Crippen molar-refractivity contribution in [3.8, 4) is 5.69 Å². The van der Waals surface area contributed by atoms with Crippen LogP contribution in [-0.4, -0.2) is 83.5 Å². The number of amides is 1. The molecular formula is C31H37ClFN7O6. The molecule has 3 N–H and O–H groups in total. The summed E-state index contributed by atoms with van der Waals surface area (Å²) < 4.78 is 31.2. The van der Waals surface area contributed by atoms with Gasteiger partial charge in [-0.25, -0.2) is 18.7 Å². The minimum Gasteiger partial charge on any atom is -0.431 e. The van der Waals surface area contributed by atoms with E-state index in [9.17, 15) is 18.8 Å². The molecular weight excluding hydrogens is 621 g/mol. The Labute approximate surface area is 270 Å². The monoisotopic (exact) mass is 657 g/mol. The number of rotatable bonds is 8. The fourth-order valence-electron chi connectivity index (χ4n) is 5.44. The molecule has 1 saturated heterocycles. The van der Waals surface area contributed by atoms with E-state index in [0.29, 0.717) is 11.4 Å². The first-order valence-corrected chi connectivity index (χ1v) is 15.5. The van der Waals surface area contributed by atoms with Crippen molar-refractivity contribution in [2.75, 3.05) is 49.2 Å². The lowest BCUT2D eigenvalue weighted by Gasteiger charge is -2.35. The van der Waals surface area contributed by atoms with Gasteiger partial charge in [0.1, 0.15) is 6.10 Å². The third-order valence-electron chi connectivity index (χ3n) is 8.08. The number of nitrogen functional groups attached to an aromatic ring is 1. The number of nitrogens with two attached hydrogens (primary N) is 1. The second-order valence-electron chi connectivity index (χ2n) is 11.5. The fraction of sp³-hybridized carbons (Fsp3) is 0.452. The first-order valence-electron chi connectivity index (χ1n) is 15.1. The van der Waals surface area contributed by atoms with Crippen LogP contribution in [0.15, 0.2) is 30.5 Å². The topological polar surface area (TPSA) is 154 Å². The highest BCUT2D eigenvalue weighted by atomic mass is 35.5. The maximum Gasteiger partial charge on any atom is 0.511 e. The Balaban J connectivity index is 1.32. The molecule has 46 heavy (non-hydrogen) atoms. The second kappa shape index (κ2) is 14.3. The number of carbonyl (C=O) groups excluding carboxylic acids is 3. The molecule has 1 aromatic heterocycles. The number of anilines is 3. The molecule has 0 bridgehead atoms. The van der Waals surface area contributed by atoms with Gasteiger partial charge in [-0.15, -0.1) is 5.10 Å². The molecule has 2 aliphatic rings. The van der Waals surface area contributed by atoms with Crippen molar-refractivity contribution in [2.45, 2.75) is 58.3 Å². The van der Waals surface area contributed by atoms with Crippen molar-refractivity contribution in [1.82, 2.24) is 19.9 Å².